The zero-order chi connectivity index (χ0) is 18.0. The quantitative estimate of drug-likeness (QED) is 0.361. The number of hydrogen-bond acceptors (Lipinski definition) is 0. The molecule has 0 N–H and O–H groups in total. The summed E-state index contributed by atoms with van der Waals surface area (Å²) in [6, 6.07) is 13.5. The van der Waals surface area contributed by atoms with E-state index in [0.29, 0.717) is 16.5 Å². The van der Waals surface area contributed by atoms with Gasteiger partial charge in [-0.2, -0.15) is 13.2 Å². The van der Waals surface area contributed by atoms with Crippen LogP contribution in [0.15, 0.2) is 67.3 Å². The molecule has 0 aliphatic carbocycles. The molecule has 3 aromatic rings. The Labute approximate surface area is 143 Å². The molecule has 128 valence electrons. The summed E-state index contributed by atoms with van der Waals surface area (Å²) in [5.41, 5.74) is 1.06. The molecule has 0 aromatic heterocycles. The first-order valence-corrected chi connectivity index (χ1v) is 7.90. The first-order chi connectivity index (χ1) is 11.9. The van der Waals surface area contributed by atoms with Crippen molar-refractivity contribution in [1.29, 1.82) is 0 Å². The first kappa shape index (κ1) is 17.2. The van der Waals surface area contributed by atoms with E-state index in [0.717, 1.165) is 35.9 Å². The SMILES string of the molecule is C=CCCc1ccc2c(F)c(-c3ccc(C(F)(F)F)cc3)ccc2c1. The van der Waals surface area contributed by atoms with E-state index in [1.807, 2.05) is 18.2 Å². The summed E-state index contributed by atoms with van der Waals surface area (Å²) < 4.78 is 52.8. The van der Waals surface area contributed by atoms with E-state index in [-0.39, 0.29) is 0 Å². The van der Waals surface area contributed by atoms with Crippen LogP contribution >= 0.6 is 0 Å². The first-order valence-electron chi connectivity index (χ1n) is 7.90. The van der Waals surface area contributed by atoms with E-state index in [1.54, 1.807) is 18.2 Å². The smallest absolute Gasteiger partial charge is 0.206 e. The zero-order valence-corrected chi connectivity index (χ0v) is 13.4. The number of aryl methyl sites for hydroxylation is 1. The standard InChI is InChI=1S/C21H16F4/c1-2-3-4-14-5-11-19-16(13-14)8-12-18(20(19)22)15-6-9-17(10-7-15)21(23,24)25/h2,5-13H,1,3-4H2. The third kappa shape index (κ3) is 3.58. The molecule has 25 heavy (non-hydrogen) atoms. The molecule has 4 heteroatoms. The number of benzene rings is 3. The van der Waals surface area contributed by atoms with Gasteiger partial charge in [0.1, 0.15) is 5.82 Å². The maximum absolute atomic E-state index is 14.8. The van der Waals surface area contributed by atoms with Crippen molar-refractivity contribution in [2.75, 3.05) is 0 Å². The molecule has 0 radical (unpaired) electrons. The molecule has 0 aliphatic rings. The molecular weight excluding hydrogens is 328 g/mol. The normalized spacial score (nSPS) is 11.7. The summed E-state index contributed by atoms with van der Waals surface area (Å²) in [6.45, 7) is 3.69. The van der Waals surface area contributed by atoms with Gasteiger partial charge < -0.3 is 0 Å². The van der Waals surface area contributed by atoms with Gasteiger partial charge in [0.05, 0.1) is 5.56 Å². The van der Waals surface area contributed by atoms with Crippen LogP contribution in [0.5, 0.6) is 0 Å². The van der Waals surface area contributed by atoms with Crippen LogP contribution in [0.3, 0.4) is 0 Å². The van der Waals surface area contributed by atoms with Gasteiger partial charge in [0.25, 0.3) is 0 Å². The fourth-order valence-electron chi connectivity index (χ4n) is 2.83. The van der Waals surface area contributed by atoms with Crippen molar-refractivity contribution in [3.63, 3.8) is 0 Å². The number of halogens is 4. The van der Waals surface area contributed by atoms with Crippen LogP contribution in [0.2, 0.25) is 0 Å². The maximum atomic E-state index is 14.8. The van der Waals surface area contributed by atoms with Gasteiger partial charge in [0.15, 0.2) is 0 Å². The molecule has 0 nitrogen and oxygen atoms in total. The largest absolute Gasteiger partial charge is 0.416 e. The minimum absolute atomic E-state index is 0.292. The molecule has 0 spiro atoms. The Morgan fingerprint density at radius 1 is 0.920 bits per heavy atom. The van der Waals surface area contributed by atoms with E-state index in [4.69, 9.17) is 0 Å². The summed E-state index contributed by atoms with van der Waals surface area (Å²) in [6.07, 6.45) is -0.889. The second-order valence-corrected chi connectivity index (χ2v) is 5.89. The minimum Gasteiger partial charge on any atom is -0.206 e. The van der Waals surface area contributed by atoms with Gasteiger partial charge in [-0.3, -0.25) is 0 Å². The summed E-state index contributed by atoms with van der Waals surface area (Å²) in [5.74, 6) is -0.424. The Morgan fingerprint density at radius 3 is 2.28 bits per heavy atom. The van der Waals surface area contributed by atoms with Gasteiger partial charge in [-0.15, -0.1) is 6.58 Å². The average molecular weight is 344 g/mol. The Kier molecular flexibility index (Phi) is 4.62. The lowest BCUT2D eigenvalue weighted by molar-refractivity contribution is -0.137. The summed E-state index contributed by atoms with van der Waals surface area (Å²) >= 11 is 0. The third-order valence-corrected chi connectivity index (χ3v) is 4.18. The van der Waals surface area contributed by atoms with Gasteiger partial charge in [-0.1, -0.05) is 48.5 Å². The van der Waals surface area contributed by atoms with Gasteiger partial charge in [-0.05, 0) is 41.5 Å². The van der Waals surface area contributed by atoms with Crippen molar-refractivity contribution in [2.24, 2.45) is 0 Å². The summed E-state index contributed by atoms with van der Waals surface area (Å²) in [7, 11) is 0. The van der Waals surface area contributed by atoms with Crippen molar-refractivity contribution in [2.45, 2.75) is 19.0 Å². The van der Waals surface area contributed by atoms with Crippen LogP contribution in [0, 0.1) is 5.82 Å². The van der Waals surface area contributed by atoms with Gasteiger partial charge in [0, 0.05) is 10.9 Å². The van der Waals surface area contributed by atoms with E-state index < -0.39 is 17.6 Å². The van der Waals surface area contributed by atoms with E-state index in [2.05, 4.69) is 6.58 Å². The van der Waals surface area contributed by atoms with Gasteiger partial charge in [-0.25, -0.2) is 4.39 Å². The number of rotatable bonds is 4. The highest BCUT2D eigenvalue weighted by molar-refractivity contribution is 5.88. The Morgan fingerprint density at radius 2 is 1.64 bits per heavy atom. The zero-order valence-electron chi connectivity index (χ0n) is 13.4. The van der Waals surface area contributed by atoms with Crippen LogP contribution in [0.25, 0.3) is 21.9 Å². The topological polar surface area (TPSA) is 0 Å². The van der Waals surface area contributed by atoms with Crippen molar-refractivity contribution in [3.05, 3.63) is 84.2 Å². The van der Waals surface area contributed by atoms with Crippen LogP contribution in [0.4, 0.5) is 17.6 Å². The lowest BCUT2D eigenvalue weighted by Crippen LogP contribution is -2.04. The van der Waals surface area contributed by atoms with E-state index >= 15 is 0 Å². The molecule has 3 aromatic carbocycles. The fourth-order valence-corrected chi connectivity index (χ4v) is 2.83. The summed E-state index contributed by atoms with van der Waals surface area (Å²) in [5, 5.41) is 1.23. The number of allylic oxidation sites excluding steroid dienone is 1. The molecule has 3 rings (SSSR count). The molecule has 0 aliphatic heterocycles. The van der Waals surface area contributed by atoms with E-state index in [1.165, 1.54) is 12.1 Å². The molecule has 0 bridgehead atoms. The summed E-state index contributed by atoms with van der Waals surface area (Å²) in [4.78, 5) is 0. The lowest BCUT2D eigenvalue weighted by atomic mass is 9.97. The molecule has 0 saturated heterocycles. The highest BCUT2D eigenvalue weighted by atomic mass is 19.4. The van der Waals surface area contributed by atoms with Crippen molar-refractivity contribution < 1.29 is 17.6 Å². The molecule has 0 fully saturated rings. The van der Waals surface area contributed by atoms with Gasteiger partial charge in [0.2, 0.25) is 0 Å². The lowest BCUT2D eigenvalue weighted by Gasteiger charge is -2.10. The van der Waals surface area contributed by atoms with Crippen LogP contribution in [-0.4, -0.2) is 0 Å². The van der Waals surface area contributed by atoms with Crippen molar-refractivity contribution >= 4 is 10.8 Å². The minimum atomic E-state index is -4.40. The van der Waals surface area contributed by atoms with Gasteiger partial charge >= 0.3 is 6.18 Å². The number of fused-ring (bicyclic) bond motifs is 1. The second-order valence-electron chi connectivity index (χ2n) is 5.89. The highest BCUT2D eigenvalue weighted by Gasteiger charge is 2.30. The Bertz CT molecular complexity index is 906. The van der Waals surface area contributed by atoms with E-state index in [9.17, 15) is 17.6 Å². The molecule has 0 saturated carbocycles. The molecule has 0 amide bonds. The third-order valence-electron chi connectivity index (χ3n) is 4.18. The maximum Gasteiger partial charge on any atom is 0.416 e. The molecule has 0 atom stereocenters. The Hall–Kier alpha value is -2.62. The fraction of sp³-hybridized carbons (Fsp3) is 0.143. The monoisotopic (exact) mass is 344 g/mol. The number of alkyl halides is 3. The van der Waals surface area contributed by atoms with Crippen LogP contribution in [0.1, 0.15) is 17.5 Å². The highest BCUT2D eigenvalue weighted by Crippen LogP contribution is 2.33. The molecule has 0 unspecified atom stereocenters. The second kappa shape index (κ2) is 6.71. The van der Waals surface area contributed by atoms with Crippen molar-refractivity contribution in [1.82, 2.24) is 0 Å². The number of hydrogen-bond donors (Lipinski definition) is 0. The Balaban J connectivity index is 2.00. The predicted octanol–water partition coefficient (Wildman–Crippen LogP) is 6.78. The van der Waals surface area contributed by atoms with Crippen LogP contribution < -0.4 is 0 Å². The van der Waals surface area contributed by atoms with Crippen molar-refractivity contribution in [3.8, 4) is 11.1 Å². The average Bonchev–Trinajstić information content (AvgIpc) is 2.59. The molecular formula is C21H16F4. The molecule has 0 heterocycles. The predicted molar refractivity (Wildman–Crippen MR) is 92.9 cm³/mol. The van der Waals surface area contributed by atoms with Crippen LogP contribution in [-0.2, 0) is 12.6 Å².